The van der Waals surface area contributed by atoms with Crippen molar-refractivity contribution in [1.29, 1.82) is 0 Å². The first-order valence-electron chi connectivity index (χ1n) is 14.5. The van der Waals surface area contributed by atoms with Gasteiger partial charge in [-0.25, -0.2) is 4.79 Å². The highest BCUT2D eigenvalue weighted by Gasteiger charge is 2.30. The molecule has 0 bridgehead atoms. The number of amides is 4. The van der Waals surface area contributed by atoms with Crippen molar-refractivity contribution < 1.29 is 29.0 Å². The summed E-state index contributed by atoms with van der Waals surface area (Å²) in [6.07, 6.45) is 0.793. The molecule has 3 atom stereocenters. The maximum Gasteiger partial charge on any atom is 0.408 e. The molecule has 0 aliphatic heterocycles. The highest BCUT2D eigenvalue weighted by molar-refractivity contribution is 6.01. The van der Waals surface area contributed by atoms with Gasteiger partial charge in [-0.1, -0.05) is 63.2 Å². The molecule has 0 aromatic heterocycles. The summed E-state index contributed by atoms with van der Waals surface area (Å²) in [7, 11) is 0. The molecule has 4 amide bonds. The Morgan fingerprint density at radius 3 is 2.00 bits per heavy atom. The standard InChI is InChI=1S/C32H46N4O6/c1-7-25(35-31(41)42-32(4,5)6)28(38)34-27(20-23-13-15-24(37)16-14-23)30(40)36-29(39)26(19-21(2)3)33-18-17-22-11-9-8-10-12-22/h8-16,21,25-27,33,37H,7,17-20H2,1-6H3,(H,34,38)(H,35,41)(H,36,39,40)/t25?,26-,27-/m0/s1. The van der Waals surface area contributed by atoms with Gasteiger partial charge in [0.1, 0.15) is 23.4 Å². The summed E-state index contributed by atoms with van der Waals surface area (Å²) >= 11 is 0. The summed E-state index contributed by atoms with van der Waals surface area (Å²) in [6, 6.07) is 13.4. The van der Waals surface area contributed by atoms with Crippen molar-refractivity contribution in [3.8, 4) is 5.75 Å². The summed E-state index contributed by atoms with van der Waals surface area (Å²) in [6.45, 7) is 11.4. The van der Waals surface area contributed by atoms with Crippen molar-refractivity contribution in [1.82, 2.24) is 21.3 Å². The third-order valence-corrected chi connectivity index (χ3v) is 6.34. The molecule has 0 aliphatic rings. The lowest BCUT2D eigenvalue weighted by molar-refractivity contribution is -0.135. The molecule has 10 nitrogen and oxygen atoms in total. The molecule has 0 radical (unpaired) electrons. The minimum Gasteiger partial charge on any atom is -0.508 e. The van der Waals surface area contributed by atoms with Crippen molar-refractivity contribution in [2.24, 2.45) is 5.92 Å². The van der Waals surface area contributed by atoms with Crippen LogP contribution < -0.4 is 21.3 Å². The Bertz CT molecular complexity index is 1160. The van der Waals surface area contributed by atoms with Crippen molar-refractivity contribution in [3.63, 3.8) is 0 Å². The Labute approximate surface area is 249 Å². The van der Waals surface area contributed by atoms with Gasteiger partial charge in [-0.15, -0.1) is 0 Å². The summed E-state index contributed by atoms with van der Waals surface area (Å²) in [5, 5.41) is 20.6. The van der Waals surface area contributed by atoms with Gasteiger partial charge >= 0.3 is 6.09 Å². The van der Waals surface area contributed by atoms with Gasteiger partial charge in [0.15, 0.2) is 0 Å². The van der Waals surface area contributed by atoms with Gasteiger partial charge in [-0.3, -0.25) is 19.7 Å². The molecule has 0 saturated carbocycles. The van der Waals surface area contributed by atoms with Crippen molar-refractivity contribution in [2.75, 3.05) is 6.54 Å². The van der Waals surface area contributed by atoms with Crippen molar-refractivity contribution in [2.45, 2.75) is 91.0 Å². The number of alkyl carbamates (subject to hydrolysis) is 1. The zero-order valence-corrected chi connectivity index (χ0v) is 25.5. The van der Waals surface area contributed by atoms with Crippen LogP contribution in [-0.2, 0) is 32.0 Å². The summed E-state index contributed by atoms with van der Waals surface area (Å²) < 4.78 is 5.27. The minimum atomic E-state index is -1.12. The van der Waals surface area contributed by atoms with E-state index in [9.17, 15) is 24.3 Å². The average Bonchev–Trinajstić information content (AvgIpc) is 2.91. The second kappa shape index (κ2) is 16.5. The largest absolute Gasteiger partial charge is 0.508 e. The molecule has 0 fully saturated rings. The number of imide groups is 1. The van der Waals surface area contributed by atoms with Crippen molar-refractivity contribution in [3.05, 3.63) is 65.7 Å². The molecule has 10 heteroatoms. The maximum absolute atomic E-state index is 13.4. The molecule has 1 unspecified atom stereocenters. The van der Waals surface area contributed by atoms with E-state index >= 15 is 0 Å². The summed E-state index contributed by atoms with van der Waals surface area (Å²) in [5.74, 6) is -1.49. The number of carbonyl (C=O) groups is 4. The molecule has 0 spiro atoms. The molecule has 2 aromatic rings. The van der Waals surface area contributed by atoms with Crippen LogP contribution in [0.3, 0.4) is 0 Å². The normalized spacial score (nSPS) is 13.5. The van der Waals surface area contributed by atoms with Crippen LogP contribution in [0.1, 0.15) is 65.5 Å². The second-order valence-corrected chi connectivity index (χ2v) is 11.8. The van der Waals surface area contributed by atoms with E-state index in [-0.39, 0.29) is 24.5 Å². The Balaban J connectivity index is 2.15. The highest BCUT2D eigenvalue weighted by atomic mass is 16.6. The minimum absolute atomic E-state index is 0.0598. The first-order valence-corrected chi connectivity index (χ1v) is 14.5. The Morgan fingerprint density at radius 1 is 0.810 bits per heavy atom. The monoisotopic (exact) mass is 582 g/mol. The Kier molecular flexibility index (Phi) is 13.5. The van der Waals surface area contributed by atoms with Crippen LogP contribution in [0.5, 0.6) is 5.75 Å². The first-order chi connectivity index (χ1) is 19.8. The highest BCUT2D eigenvalue weighted by Crippen LogP contribution is 2.13. The van der Waals surface area contributed by atoms with Crippen LogP contribution in [0, 0.1) is 5.92 Å². The van der Waals surface area contributed by atoms with E-state index in [1.807, 2.05) is 44.2 Å². The maximum atomic E-state index is 13.4. The zero-order valence-electron chi connectivity index (χ0n) is 25.5. The fraction of sp³-hybridized carbons (Fsp3) is 0.500. The molecule has 42 heavy (non-hydrogen) atoms. The smallest absolute Gasteiger partial charge is 0.408 e. The molecular formula is C32H46N4O6. The van der Waals surface area contributed by atoms with Gasteiger partial charge in [0.2, 0.25) is 17.7 Å². The van der Waals surface area contributed by atoms with Gasteiger partial charge in [0.25, 0.3) is 0 Å². The number of hydrogen-bond acceptors (Lipinski definition) is 7. The lowest BCUT2D eigenvalue weighted by atomic mass is 10.0. The third-order valence-electron chi connectivity index (χ3n) is 6.34. The van der Waals surface area contributed by atoms with E-state index in [2.05, 4.69) is 21.3 Å². The van der Waals surface area contributed by atoms with Gasteiger partial charge in [-0.05, 0) is 75.8 Å². The fourth-order valence-electron chi connectivity index (χ4n) is 4.24. The number of carbonyl (C=O) groups excluding carboxylic acids is 4. The number of phenolic OH excluding ortho intramolecular Hbond substituents is 1. The predicted molar refractivity (Wildman–Crippen MR) is 162 cm³/mol. The van der Waals surface area contributed by atoms with Crippen LogP contribution in [0.25, 0.3) is 0 Å². The number of rotatable bonds is 14. The van der Waals surface area contributed by atoms with E-state index in [0.717, 1.165) is 12.0 Å². The number of ether oxygens (including phenoxy) is 1. The van der Waals surface area contributed by atoms with Crippen LogP contribution in [-0.4, -0.2) is 59.2 Å². The zero-order chi connectivity index (χ0) is 31.3. The molecular weight excluding hydrogens is 536 g/mol. The summed E-state index contributed by atoms with van der Waals surface area (Å²) in [5.41, 5.74) is 1.04. The number of hydrogen-bond donors (Lipinski definition) is 5. The topological polar surface area (TPSA) is 146 Å². The summed E-state index contributed by atoms with van der Waals surface area (Å²) in [4.78, 5) is 52.2. The Morgan fingerprint density at radius 2 is 1.43 bits per heavy atom. The van der Waals surface area contributed by atoms with Crippen LogP contribution >= 0.6 is 0 Å². The molecule has 0 aliphatic carbocycles. The second-order valence-electron chi connectivity index (χ2n) is 11.8. The molecule has 2 aromatic carbocycles. The predicted octanol–water partition coefficient (Wildman–Crippen LogP) is 3.61. The SMILES string of the molecule is CCC(NC(=O)OC(C)(C)C)C(=O)N[C@@H](Cc1ccc(O)cc1)C(=O)NC(=O)[C@H](CC(C)C)NCCc1ccccc1. The molecule has 5 N–H and O–H groups in total. The van der Waals surface area contributed by atoms with Crippen LogP contribution in [0.4, 0.5) is 4.79 Å². The number of phenols is 1. The van der Waals surface area contributed by atoms with Gasteiger partial charge in [-0.2, -0.15) is 0 Å². The molecule has 0 heterocycles. The van der Waals surface area contributed by atoms with E-state index < -0.39 is 47.5 Å². The molecule has 230 valence electrons. The lowest BCUT2D eigenvalue weighted by Gasteiger charge is -2.25. The fourth-order valence-corrected chi connectivity index (χ4v) is 4.24. The van der Waals surface area contributed by atoms with E-state index in [0.29, 0.717) is 18.5 Å². The lowest BCUT2D eigenvalue weighted by Crippen LogP contribution is -2.57. The Hall–Kier alpha value is -3.92. The molecule has 0 saturated heterocycles. The average molecular weight is 583 g/mol. The van der Waals surface area contributed by atoms with Crippen LogP contribution in [0.2, 0.25) is 0 Å². The first kappa shape index (κ1) is 34.3. The van der Waals surface area contributed by atoms with E-state index in [1.54, 1.807) is 39.8 Å². The number of aromatic hydroxyl groups is 1. The molecule has 2 rings (SSSR count). The van der Waals surface area contributed by atoms with E-state index in [4.69, 9.17) is 4.74 Å². The van der Waals surface area contributed by atoms with Crippen molar-refractivity contribution >= 4 is 23.8 Å². The quantitative estimate of drug-likeness (QED) is 0.229. The number of benzene rings is 2. The van der Waals surface area contributed by atoms with Gasteiger partial charge < -0.3 is 25.8 Å². The van der Waals surface area contributed by atoms with Gasteiger partial charge in [0, 0.05) is 6.42 Å². The third kappa shape index (κ3) is 12.7. The van der Waals surface area contributed by atoms with Crippen LogP contribution in [0.15, 0.2) is 54.6 Å². The van der Waals surface area contributed by atoms with E-state index in [1.165, 1.54) is 12.1 Å². The van der Waals surface area contributed by atoms with Gasteiger partial charge in [0.05, 0.1) is 6.04 Å². The number of nitrogens with one attached hydrogen (secondary N) is 4.